The van der Waals surface area contributed by atoms with Crippen molar-refractivity contribution < 1.29 is 13.2 Å². The minimum atomic E-state index is -3.60. The van der Waals surface area contributed by atoms with E-state index in [4.69, 9.17) is 0 Å². The Hall–Kier alpha value is -2.55. The Labute approximate surface area is 200 Å². The van der Waals surface area contributed by atoms with Crippen molar-refractivity contribution in [3.8, 4) is 0 Å². The number of amides is 1. The molecule has 1 amide bonds. The van der Waals surface area contributed by atoms with Crippen LogP contribution >= 0.6 is 11.3 Å². The molecule has 0 fully saturated rings. The van der Waals surface area contributed by atoms with Gasteiger partial charge in [0.15, 0.2) is 4.80 Å². The lowest BCUT2D eigenvalue weighted by Gasteiger charge is -2.20. The largest absolute Gasteiger partial charge is 0.312 e. The summed E-state index contributed by atoms with van der Waals surface area (Å²) < 4.78 is 29.7. The smallest absolute Gasteiger partial charge is 0.279 e. The van der Waals surface area contributed by atoms with E-state index in [9.17, 15) is 13.2 Å². The summed E-state index contributed by atoms with van der Waals surface area (Å²) in [5.41, 5.74) is 2.63. The second-order valence-corrected chi connectivity index (χ2v) is 11.3. The van der Waals surface area contributed by atoms with Crippen LogP contribution < -0.4 is 4.80 Å². The molecule has 6 nitrogen and oxygen atoms in total. The van der Waals surface area contributed by atoms with Crippen LogP contribution in [-0.4, -0.2) is 36.3 Å². The molecule has 3 rings (SSSR count). The van der Waals surface area contributed by atoms with Gasteiger partial charge in [0.25, 0.3) is 5.91 Å². The van der Waals surface area contributed by atoms with Crippen molar-refractivity contribution in [3.05, 3.63) is 71.0 Å². The number of aryl methyl sites for hydroxylation is 1. The molecule has 0 aliphatic carbocycles. The van der Waals surface area contributed by atoms with E-state index >= 15 is 0 Å². The fraction of sp³-hybridized carbons (Fsp3) is 0.360. The summed E-state index contributed by atoms with van der Waals surface area (Å²) in [4.78, 5) is 18.0. The summed E-state index contributed by atoms with van der Waals surface area (Å²) in [7, 11) is -2.06. The van der Waals surface area contributed by atoms with E-state index in [1.165, 1.54) is 45.5 Å². The zero-order valence-corrected chi connectivity index (χ0v) is 21.2. The number of unbranched alkanes of at least 4 members (excludes halogenated alkanes) is 1. The molecular formula is C25H31N3O3S2. The van der Waals surface area contributed by atoms with Crippen LogP contribution in [0.5, 0.6) is 0 Å². The van der Waals surface area contributed by atoms with Crippen LogP contribution in [0.3, 0.4) is 0 Å². The molecule has 0 atom stereocenters. The van der Waals surface area contributed by atoms with E-state index in [-0.39, 0.29) is 10.9 Å². The van der Waals surface area contributed by atoms with Crippen LogP contribution in [-0.2, 0) is 23.0 Å². The number of benzene rings is 2. The van der Waals surface area contributed by atoms with Gasteiger partial charge in [-0.25, -0.2) is 8.42 Å². The summed E-state index contributed by atoms with van der Waals surface area (Å²) in [6.45, 7) is 10.2. The van der Waals surface area contributed by atoms with Crippen molar-refractivity contribution in [2.75, 3.05) is 7.05 Å². The molecule has 0 aliphatic rings. The molecule has 0 bridgehead atoms. The van der Waals surface area contributed by atoms with Gasteiger partial charge in [-0.05, 0) is 68.7 Å². The molecule has 8 heteroatoms. The molecule has 2 aromatic carbocycles. The fourth-order valence-corrected chi connectivity index (χ4v) is 5.88. The standard InChI is InChI=1S/C25H31N3O3S2/c1-6-8-9-19-10-15-22-23(17-19)32-25(28(22)16-7-2)26-24(29)20-11-13-21(14-12-20)33(30,31)27(5)18(3)4/h7,10-15,17-18H,2,6,8-9,16H2,1,3-5H3. The van der Waals surface area contributed by atoms with Gasteiger partial charge in [-0.2, -0.15) is 9.30 Å². The number of sulfonamides is 1. The predicted octanol–water partition coefficient (Wildman–Crippen LogP) is 5.00. The van der Waals surface area contributed by atoms with Crippen LogP contribution in [0, 0.1) is 0 Å². The molecule has 0 radical (unpaired) electrons. The summed E-state index contributed by atoms with van der Waals surface area (Å²) in [5, 5.41) is 0. The molecule has 0 spiro atoms. The molecule has 0 saturated heterocycles. The highest BCUT2D eigenvalue weighted by atomic mass is 32.2. The van der Waals surface area contributed by atoms with Crippen LogP contribution in [0.4, 0.5) is 0 Å². The van der Waals surface area contributed by atoms with E-state index in [1.807, 2.05) is 18.4 Å². The summed E-state index contributed by atoms with van der Waals surface area (Å²) in [5.74, 6) is -0.410. The average molecular weight is 486 g/mol. The van der Waals surface area contributed by atoms with Crippen molar-refractivity contribution in [2.45, 2.75) is 57.5 Å². The van der Waals surface area contributed by atoms with Gasteiger partial charge in [0.1, 0.15) is 0 Å². The number of allylic oxidation sites excluding steroid dienone is 1. The highest BCUT2D eigenvalue weighted by Crippen LogP contribution is 2.21. The normalized spacial score (nSPS) is 12.7. The zero-order chi connectivity index (χ0) is 24.2. The number of fused-ring (bicyclic) bond motifs is 1. The highest BCUT2D eigenvalue weighted by molar-refractivity contribution is 7.89. The molecule has 0 unspecified atom stereocenters. The van der Waals surface area contributed by atoms with E-state index < -0.39 is 15.9 Å². The second-order valence-electron chi connectivity index (χ2n) is 8.25. The second kappa shape index (κ2) is 10.6. The topological polar surface area (TPSA) is 71.7 Å². The molecule has 3 aromatic rings. The SMILES string of the molecule is C=CCn1c(=NC(=O)c2ccc(S(=O)(=O)N(C)C(C)C)cc2)sc2cc(CCCC)ccc21. The number of nitrogens with zero attached hydrogens (tertiary/aromatic N) is 3. The van der Waals surface area contributed by atoms with Crippen LogP contribution in [0.2, 0.25) is 0 Å². The molecule has 1 aromatic heterocycles. The molecule has 33 heavy (non-hydrogen) atoms. The Morgan fingerprint density at radius 2 is 1.91 bits per heavy atom. The Balaban J connectivity index is 1.96. The van der Waals surface area contributed by atoms with E-state index in [1.54, 1.807) is 13.1 Å². The molecular weight excluding hydrogens is 454 g/mol. The first-order valence-electron chi connectivity index (χ1n) is 11.1. The van der Waals surface area contributed by atoms with Crippen molar-refractivity contribution in [3.63, 3.8) is 0 Å². The van der Waals surface area contributed by atoms with Gasteiger partial charge >= 0.3 is 0 Å². The number of thiazole rings is 1. The molecule has 0 aliphatic heterocycles. The maximum atomic E-state index is 12.9. The monoisotopic (exact) mass is 485 g/mol. The van der Waals surface area contributed by atoms with Gasteiger partial charge in [-0.3, -0.25) is 4.79 Å². The Bertz CT molecular complexity index is 1320. The van der Waals surface area contributed by atoms with Gasteiger partial charge in [-0.15, -0.1) is 6.58 Å². The quantitative estimate of drug-likeness (QED) is 0.400. The number of aromatic nitrogens is 1. The highest BCUT2D eigenvalue weighted by Gasteiger charge is 2.23. The van der Waals surface area contributed by atoms with Crippen molar-refractivity contribution in [1.29, 1.82) is 0 Å². The number of hydrogen-bond donors (Lipinski definition) is 0. The third kappa shape index (κ3) is 5.51. The minimum Gasteiger partial charge on any atom is -0.312 e. The number of hydrogen-bond acceptors (Lipinski definition) is 4. The van der Waals surface area contributed by atoms with E-state index in [2.05, 4.69) is 36.7 Å². The predicted molar refractivity (Wildman–Crippen MR) is 135 cm³/mol. The lowest BCUT2D eigenvalue weighted by Crippen LogP contribution is -2.33. The maximum Gasteiger partial charge on any atom is 0.279 e. The fourth-order valence-electron chi connectivity index (χ4n) is 3.41. The molecule has 176 valence electrons. The Kier molecular flexibility index (Phi) is 8.05. The number of carbonyl (C=O) groups excluding carboxylic acids is 1. The Morgan fingerprint density at radius 1 is 1.21 bits per heavy atom. The van der Waals surface area contributed by atoms with Crippen molar-refractivity contribution in [2.24, 2.45) is 4.99 Å². The average Bonchev–Trinajstić information content (AvgIpc) is 3.13. The first-order valence-corrected chi connectivity index (χ1v) is 13.3. The van der Waals surface area contributed by atoms with E-state index in [0.717, 1.165) is 29.5 Å². The van der Waals surface area contributed by atoms with Gasteiger partial charge in [0, 0.05) is 25.2 Å². The summed E-state index contributed by atoms with van der Waals surface area (Å²) >= 11 is 1.47. The van der Waals surface area contributed by atoms with Crippen molar-refractivity contribution >= 4 is 37.5 Å². The van der Waals surface area contributed by atoms with Crippen LogP contribution in [0.15, 0.2) is 65.0 Å². The van der Waals surface area contributed by atoms with Gasteiger partial charge in [0.2, 0.25) is 10.0 Å². The van der Waals surface area contributed by atoms with Crippen LogP contribution in [0.1, 0.15) is 49.5 Å². The first-order chi connectivity index (χ1) is 15.7. The molecule has 1 heterocycles. The minimum absolute atomic E-state index is 0.151. The zero-order valence-electron chi connectivity index (χ0n) is 19.6. The van der Waals surface area contributed by atoms with E-state index in [0.29, 0.717) is 16.9 Å². The third-order valence-electron chi connectivity index (χ3n) is 5.58. The van der Waals surface area contributed by atoms with Gasteiger partial charge in [0.05, 0.1) is 15.1 Å². The third-order valence-corrected chi connectivity index (χ3v) is 8.67. The Morgan fingerprint density at radius 3 is 2.52 bits per heavy atom. The van der Waals surface area contributed by atoms with Gasteiger partial charge < -0.3 is 4.57 Å². The van der Waals surface area contributed by atoms with Crippen molar-refractivity contribution in [1.82, 2.24) is 8.87 Å². The first kappa shape index (κ1) is 25.1. The van der Waals surface area contributed by atoms with Crippen LogP contribution in [0.25, 0.3) is 10.2 Å². The lowest BCUT2D eigenvalue weighted by atomic mass is 10.1. The number of carbonyl (C=O) groups is 1. The maximum absolute atomic E-state index is 12.9. The summed E-state index contributed by atoms with van der Waals surface area (Å²) in [6.07, 6.45) is 5.09. The molecule has 0 N–H and O–H groups in total. The summed E-state index contributed by atoms with van der Waals surface area (Å²) in [6, 6.07) is 12.2. The molecule has 0 saturated carbocycles. The van der Waals surface area contributed by atoms with Gasteiger partial charge in [-0.1, -0.05) is 36.8 Å². The lowest BCUT2D eigenvalue weighted by molar-refractivity contribution is 0.0997. The number of rotatable bonds is 9.